The fourth-order valence-corrected chi connectivity index (χ4v) is 1.35. The van der Waals surface area contributed by atoms with E-state index in [4.69, 9.17) is 4.74 Å². The van der Waals surface area contributed by atoms with Gasteiger partial charge in [0.25, 0.3) is 0 Å². The molecule has 0 aliphatic carbocycles. The van der Waals surface area contributed by atoms with Gasteiger partial charge in [-0.05, 0) is 18.8 Å². The summed E-state index contributed by atoms with van der Waals surface area (Å²) in [4.78, 5) is 0. The lowest BCUT2D eigenvalue weighted by Gasteiger charge is -2.13. The second kappa shape index (κ2) is 9.47. The molecule has 0 rings (SSSR count). The van der Waals surface area contributed by atoms with Gasteiger partial charge in [0.2, 0.25) is 0 Å². The zero-order valence-corrected chi connectivity index (χ0v) is 9.96. The first kappa shape index (κ1) is 13.9. The Morgan fingerprint density at radius 3 is 2.43 bits per heavy atom. The Kier molecular flexibility index (Phi) is 9.42. The minimum atomic E-state index is -0.280. The largest absolute Gasteiger partial charge is 0.391 e. The number of rotatable bonds is 9. The van der Waals surface area contributed by atoms with E-state index in [2.05, 4.69) is 13.8 Å². The van der Waals surface area contributed by atoms with Crippen molar-refractivity contribution in [3.05, 3.63) is 0 Å². The molecule has 86 valence electrons. The molecule has 0 aliphatic rings. The maximum atomic E-state index is 9.26. The second-order valence-electron chi connectivity index (χ2n) is 4.20. The molecule has 0 heterocycles. The Balaban J connectivity index is 3.21. The van der Waals surface area contributed by atoms with Gasteiger partial charge in [0, 0.05) is 6.61 Å². The van der Waals surface area contributed by atoms with Crippen LogP contribution in [0.15, 0.2) is 0 Å². The molecule has 0 bridgehead atoms. The van der Waals surface area contributed by atoms with Crippen LogP contribution in [0, 0.1) is 5.92 Å². The zero-order valence-electron chi connectivity index (χ0n) is 9.96. The maximum absolute atomic E-state index is 9.26. The predicted molar refractivity (Wildman–Crippen MR) is 60.4 cm³/mol. The molecule has 0 saturated carbocycles. The van der Waals surface area contributed by atoms with E-state index in [1.54, 1.807) is 0 Å². The van der Waals surface area contributed by atoms with Crippen molar-refractivity contribution in [3.63, 3.8) is 0 Å². The SMILES string of the molecule is CCCCCC(C)COCC(O)CC. The van der Waals surface area contributed by atoms with Crippen LogP contribution in [0.5, 0.6) is 0 Å². The van der Waals surface area contributed by atoms with E-state index in [9.17, 15) is 5.11 Å². The van der Waals surface area contributed by atoms with Crippen LogP contribution in [0.2, 0.25) is 0 Å². The van der Waals surface area contributed by atoms with Crippen molar-refractivity contribution in [1.29, 1.82) is 0 Å². The van der Waals surface area contributed by atoms with Gasteiger partial charge in [-0.15, -0.1) is 0 Å². The van der Waals surface area contributed by atoms with Crippen molar-refractivity contribution in [2.24, 2.45) is 5.92 Å². The van der Waals surface area contributed by atoms with Crippen LogP contribution in [-0.4, -0.2) is 24.4 Å². The summed E-state index contributed by atoms with van der Waals surface area (Å²) in [6.45, 7) is 7.70. The van der Waals surface area contributed by atoms with Crippen LogP contribution >= 0.6 is 0 Å². The van der Waals surface area contributed by atoms with Gasteiger partial charge >= 0.3 is 0 Å². The third kappa shape index (κ3) is 8.52. The second-order valence-corrected chi connectivity index (χ2v) is 4.20. The zero-order chi connectivity index (χ0) is 10.8. The number of unbranched alkanes of at least 4 members (excludes halogenated alkanes) is 2. The first-order chi connectivity index (χ1) is 6.70. The molecule has 1 N–H and O–H groups in total. The third-order valence-electron chi connectivity index (χ3n) is 2.48. The smallest absolute Gasteiger partial charge is 0.0771 e. The van der Waals surface area contributed by atoms with Crippen LogP contribution < -0.4 is 0 Å². The van der Waals surface area contributed by atoms with Crippen LogP contribution in [0.4, 0.5) is 0 Å². The Labute approximate surface area is 88.7 Å². The molecule has 0 aromatic carbocycles. The molecule has 0 aliphatic heterocycles. The fourth-order valence-electron chi connectivity index (χ4n) is 1.35. The number of ether oxygens (including phenoxy) is 1. The van der Waals surface area contributed by atoms with E-state index < -0.39 is 0 Å². The van der Waals surface area contributed by atoms with Gasteiger partial charge in [0.15, 0.2) is 0 Å². The summed E-state index contributed by atoms with van der Waals surface area (Å²) in [5, 5.41) is 9.26. The Bertz CT molecular complexity index is 115. The Morgan fingerprint density at radius 1 is 1.14 bits per heavy atom. The van der Waals surface area contributed by atoms with Crippen LogP contribution in [0.3, 0.4) is 0 Å². The number of hydrogen-bond acceptors (Lipinski definition) is 2. The Morgan fingerprint density at radius 2 is 1.86 bits per heavy atom. The molecule has 2 atom stereocenters. The van der Waals surface area contributed by atoms with E-state index >= 15 is 0 Å². The van der Waals surface area contributed by atoms with E-state index in [0.29, 0.717) is 12.5 Å². The lowest BCUT2D eigenvalue weighted by molar-refractivity contribution is 0.0207. The monoisotopic (exact) mass is 202 g/mol. The minimum absolute atomic E-state index is 0.280. The van der Waals surface area contributed by atoms with Gasteiger partial charge < -0.3 is 9.84 Å². The summed E-state index contributed by atoms with van der Waals surface area (Å²) in [5.41, 5.74) is 0. The number of aliphatic hydroxyl groups is 1. The molecular weight excluding hydrogens is 176 g/mol. The van der Waals surface area contributed by atoms with Crippen LogP contribution in [0.25, 0.3) is 0 Å². The van der Waals surface area contributed by atoms with E-state index in [-0.39, 0.29) is 6.10 Å². The molecule has 0 aromatic heterocycles. The van der Waals surface area contributed by atoms with Gasteiger partial charge in [0.1, 0.15) is 0 Å². The molecule has 0 amide bonds. The van der Waals surface area contributed by atoms with Crippen molar-refractivity contribution in [2.75, 3.05) is 13.2 Å². The lowest BCUT2D eigenvalue weighted by atomic mass is 10.0. The van der Waals surface area contributed by atoms with Crippen LogP contribution in [0.1, 0.15) is 52.9 Å². The van der Waals surface area contributed by atoms with Crippen molar-refractivity contribution in [1.82, 2.24) is 0 Å². The van der Waals surface area contributed by atoms with Gasteiger partial charge in [-0.25, -0.2) is 0 Å². The van der Waals surface area contributed by atoms with Crippen LogP contribution in [-0.2, 0) is 4.74 Å². The van der Waals surface area contributed by atoms with Crippen molar-refractivity contribution in [2.45, 2.75) is 59.0 Å². The third-order valence-corrected chi connectivity index (χ3v) is 2.48. The quantitative estimate of drug-likeness (QED) is 0.582. The average Bonchev–Trinajstić information content (AvgIpc) is 2.18. The average molecular weight is 202 g/mol. The lowest BCUT2D eigenvalue weighted by Crippen LogP contribution is -2.16. The topological polar surface area (TPSA) is 29.5 Å². The highest BCUT2D eigenvalue weighted by Gasteiger charge is 2.04. The molecule has 14 heavy (non-hydrogen) atoms. The Hall–Kier alpha value is -0.0800. The molecule has 0 saturated heterocycles. The molecule has 2 heteroatoms. The van der Waals surface area contributed by atoms with Gasteiger partial charge in [-0.2, -0.15) is 0 Å². The molecule has 2 nitrogen and oxygen atoms in total. The summed E-state index contributed by atoms with van der Waals surface area (Å²) in [6.07, 6.45) is 5.65. The molecule has 0 spiro atoms. The molecule has 0 aromatic rings. The standard InChI is InChI=1S/C12H26O2/c1-4-6-7-8-11(3)9-14-10-12(13)5-2/h11-13H,4-10H2,1-3H3. The van der Waals surface area contributed by atoms with E-state index in [0.717, 1.165) is 13.0 Å². The highest BCUT2D eigenvalue weighted by Crippen LogP contribution is 2.09. The van der Waals surface area contributed by atoms with Gasteiger partial charge in [0.05, 0.1) is 12.7 Å². The van der Waals surface area contributed by atoms with Crippen molar-refractivity contribution >= 4 is 0 Å². The molecule has 0 fully saturated rings. The van der Waals surface area contributed by atoms with Gasteiger partial charge in [-0.3, -0.25) is 0 Å². The summed E-state index contributed by atoms with van der Waals surface area (Å²) in [5.74, 6) is 0.630. The summed E-state index contributed by atoms with van der Waals surface area (Å²) in [7, 11) is 0. The molecular formula is C12H26O2. The first-order valence-corrected chi connectivity index (χ1v) is 5.96. The van der Waals surface area contributed by atoms with Crippen molar-refractivity contribution < 1.29 is 9.84 Å². The van der Waals surface area contributed by atoms with Crippen molar-refractivity contribution in [3.8, 4) is 0 Å². The highest BCUT2D eigenvalue weighted by atomic mass is 16.5. The molecule has 0 radical (unpaired) electrons. The van der Waals surface area contributed by atoms with E-state index in [1.165, 1.54) is 25.7 Å². The fraction of sp³-hybridized carbons (Fsp3) is 1.00. The highest BCUT2D eigenvalue weighted by molar-refractivity contribution is 4.54. The normalized spacial score (nSPS) is 15.4. The van der Waals surface area contributed by atoms with Gasteiger partial charge in [-0.1, -0.05) is 40.0 Å². The molecule has 2 unspecified atom stereocenters. The summed E-state index contributed by atoms with van der Waals surface area (Å²) in [6, 6.07) is 0. The first-order valence-electron chi connectivity index (χ1n) is 5.96. The maximum Gasteiger partial charge on any atom is 0.0771 e. The number of aliphatic hydroxyl groups excluding tert-OH is 1. The van der Waals surface area contributed by atoms with E-state index in [1.807, 2.05) is 6.92 Å². The predicted octanol–water partition coefficient (Wildman–Crippen LogP) is 2.99. The summed E-state index contributed by atoms with van der Waals surface area (Å²) < 4.78 is 5.43. The minimum Gasteiger partial charge on any atom is -0.391 e. The summed E-state index contributed by atoms with van der Waals surface area (Å²) >= 11 is 0. The number of hydrogen-bond donors (Lipinski definition) is 1.